The summed E-state index contributed by atoms with van der Waals surface area (Å²) in [7, 11) is 0. The smallest absolute Gasteiger partial charge is 0.240 e. The van der Waals surface area contributed by atoms with E-state index in [1.807, 2.05) is 6.07 Å². The van der Waals surface area contributed by atoms with E-state index >= 15 is 0 Å². The van der Waals surface area contributed by atoms with Crippen LogP contribution in [0.5, 0.6) is 0 Å². The van der Waals surface area contributed by atoms with Crippen LogP contribution in [0, 0.1) is 0 Å². The molecule has 1 aliphatic rings. The van der Waals surface area contributed by atoms with Gasteiger partial charge in [0.05, 0.1) is 0 Å². The molecule has 1 N–H and O–H groups in total. The van der Waals surface area contributed by atoms with Gasteiger partial charge in [-0.25, -0.2) is 0 Å². The number of benzene rings is 1. The third-order valence-electron chi connectivity index (χ3n) is 4.61. The molecule has 0 saturated carbocycles. The molecule has 0 radical (unpaired) electrons. The molecule has 1 aliphatic carbocycles. The van der Waals surface area contributed by atoms with Crippen LogP contribution in [0.15, 0.2) is 42.5 Å². The second kappa shape index (κ2) is 10.6. The number of allylic oxidation sites excluding steroid dienone is 1. The fraction of sp³-hybridized carbons (Fsp3) is 0.571. The fourth-order valence-electron chi connectivity index (χ4n) is 3.07. The minimum absolute atomic E-state index is 0.200. The second-order valence-electron chi connectivity index (χ2n) is 6.63. The highest BCUT2D eigenvalue weighted by atomic mass is 32.2. The summed E-state index contributed by atoms with van der Waals surface area (Å²) in [6, 6.07) is 10.4. The van der Waals surface area contributed by atoms with Crippen LogP contribution < -0.4 is 5.32 Å². The molecule has 1 atom stereocenters. The standard InChI is InChI=1S/C21H31NOS/c1-2-3-4-5-6-12-17-22-20(23)21(15-10-11-16-21)24-18-19-13-8-7-9-14-19/h7-10,13-15H,2-6,11-12,16-18H2,1H3,(H,22,23). The Labute approximate surface area is 151 Å². The van der Waals surface area contributed by atoms with E-state index in [9.17, 15) is 4.79 Å². The van der Waals surface area contributed by atoms with Gasteiger partial charge in [-0.2, -0.15) is 0 Å². The molecule has 24 heavy (non-hydrogen) atoms. The van der Waals surface area contributed by atoms with Gasteiger partial charge in [-0.05, 0) is 24.8 Å². The molecular formula is C21H31NOS. The summed E-state index contributed by atoms with van der Waals surface area (Å²) in [5.41, 5.74) is 1.28. The monoisotopic (exact) mass is 345 g/mol. The summed E-state index contributed by atoms with van der Waals surface area (Å²) in [5.74, 6) is 1.08. The molecule has 0 bridgehead atoms. The maximum Gasteiger partial charge on any atom is 0.240 e. The summed E-state index contributed by atoms with van der Waals surface area (Å²) in [6.07, 6.45) is 13.7. The van der Waals surface area contributed by atoms with Crippen molar-refractivity contribution in [1.82, 2.24) is 5.32 Å². The van der Waals surface area contributed by atoms with Crippen molar-refractivity contribution < 1.29 is 4.79 Å². The van der Waals surface area contributed by atoms with Gasteiger partial charge in [0, 0.05) is 12.3 Å². The van der Waals surface area contributed by atoms with Crippen LogP contribution in [0.2, 0.25) is 0 Å². The third kappa shape index (κ3) is 6.01. The van der Waals surface area contributed by atoms with Crippen molar-refractivity contribution >= 4 is 17.7 Å². The van der Waals surface area contributed by atoms with Crippen LogP contribution in [0.1, 0.15) is 63.9 Å². The average Bonchev–Trinajstić information content (AvgIpc) is 3.10. The molecule has 0 fully saturated rings. The van der Waals surface area contributed by atoms with Crippen LogP contribution in [-0.2, 0) is 10.5 Å². The van der Waals surface area contributed by atoms with Gasteiger partial charge >= 0.3 is 0 Å². The predicted molar refractivity (Wildman–Crippen MR) is 105 cm³/mol. The first kappa shape index (κ1) is 19.1. The lowest BCUT2D eigenvalue weighted by molar-refractivity contribution is -0.122. The number of nitrogens with one attached hydrogen (secondary N) is 1. The van der Waals surface area contributed by atoms with Gasteiger partial charge in [-0.3, -0.25) is 4.79 Å². The van der Waals surface area contributed by atoms with Crippen LogP contribution in [0.4, 0.5) is 0 Å². The molecule has 2 rings (SSSR count). The highest BCUT2D eigenvalue weighted by Crippen LogP contribution is 2.38. The number of amides is 1. The highest BCUT2D eigenvalue weighted by Gasteiger charge is 2.37. The lowest BCUT2D eigenvalue weighted by Crippen LogP contribution is -2.42. The average molecular weight is 346 g/mol. The first-order valence-corrected chi connectivity index (χ1v) is 10.4. The van der Waals surface area contributed by atoms with Crippen LogP contribution in [0.3, 0.4) is 0 Å². The normalized spacial score (nSPS) is 19.5. The number of carbonyl (C=O) groups is 1. The van der Waals surface area contributed by atoms with E-state index < -0.39 is 0 Å². The van der Waals surface area contributed by atoms with E-state index in [-0.39, 0.29) is 10.7 Å². The Bertz CT molecular complexity index is 514. The van der Waals surface area contributed by atoms with Gasteiger partial charge in [0.15, 0.2) is 0 Å². The van der Waals surface area contributed by atoms with Gasteiger partial charge in [0.25, 0.3) is 0 Å². The number of hydrogen-bond donors (Lipinski definition) is 1. The van der Waals surface area contributed by atoms with Crippen molar-refractivity contribution in [2.45, 2.75) is 68.8 Å². The molecule has 1 unspecified atom stereocenters. The highest BCUT2D eigenvalue weighted by molar-refractivity contribution is 8.00. The summed E-state index contributed by atoms with van der Waals surface area (Å²) < 4.78 is -0.363. The number of thioether (sulfide) groups is 1. The maximum absolute atomic E-state index is 12.7. The van der Waals surface area contributed by atoms with Gasteiger partial charge < -0.3 is 5.32 Å². The SMILES string of the molecule is CCCCCCCCNC(=O)C1(SCc2ccccc2)C=CCC1. The minimum atomic E-state index is -0.363. The number of hydrogen-bond acceptors (Lipinski definition) is 2. The molecule has 1 aromatic carbocycles. The zero-order valence-corrected chi connectivity index (χ0v) is 15.7. The minimum Gasteiger partial charge on any atom is -0.355 e. The molecule has 0 spiro atoms. The van der Waals surface area contributed by atoms with E-state index in [0.717, 1.165) is 31.6 Å². The van der Waals surface area contributed by atoms with E-state index in [1.54, 1.807) is 11.8 Å². The molecular weight excluding hydrogens is 314 g/mol. The van der Waals surface area contributed by atoms with E-state index in [0.29, 0.717) is 0 Å². The lowest BCUT2D eigenvalue weighted by atomic mass is 10.1. The Balaban J connectivity index is 1.75. The molecule has 2 nitrogen and oxygen atoms in total. The molecule has 1 amide bonds. The van der Waals surface area contributed by atoms with E-state index in [2.05, 4.69) is 48.7 Å². The molecule has 0 aromatic heterocycles. The van der Waals surface area contributed by atoms with Crippen LogP contribution in [-0.4, -0.2) is 17.2 Å². The van der Waals surface area contributed by atoms with E-state index in [4.69, 9.17) is 0 Å². The van der Waals surface area contributed by atoms with Gasteiger partial charge in [0.1, 0.15) is 4.75 Å². The van der Waals surface area contributed by atoms with Crippen molar-refractivity contribution in [3.63, 3.8) is 0 Å². The van der Waals surface area contributed by atoms with Gasteiger partial charge in [-0.15, -0.1) is 11.8 Å². The van der Waals surface area contributed by atoms with Crippen molar-refractivity contribution in [3.05, 3.63) is 48.0 Å². The largest absolute Gasteiger partial charge is 0.355 e. The zero-order chi connectivity index (χ0) is 17.1. The second-order valence-corrected chi connectivity index (χ2v) is 7.93. The Morgan fingerprint density at radius 1 is 1.12 bits per heavy atom. The molecule has 3 heteroatoms. The van der Waals surface area contributed by atoms with E-state index in [1.165, 1.54) is 37.7 Å². The van der Waals surface area contributed by atoms with Crippen molar-refractivity contribution in [1.29, 1.82) is 0 Å². The van der Waals surface area contributed by atoms with Gasteiger partial charge in [-0.1, -0.05) is 81.5 Å². The van der Waals surface area contributed by atoms with Crippen LogP contribution in [0.25, 0.3) is 0 Å². The first-order valence-electron chi connectivity index (χ1n) is 9.41. The van der Waals surface area contributed by atoms with Gasteiger partial charge in [0.2, 0.25) is 5.91 Å². The summed E-state index contributed by atoms with van der Waals surface area (Å²) in [6.45, 7) is 3.05. The molecule has 0 heterocycles. The van der Waals surface area contributed by atoms with Crippen molar-refractivity contribution in [2.75, 3.05) is 6.54 Å². The molecule has 0 aliphatic heterocycles. The fourth-order valence-corrected chi connectivity index (χ4v) is 4.35. The summed E-state index contributed by atoms with van der Waals surface area (Å²) in [5, 5.41) is 3.18. The van der Waals surface area contributed by atoms with Crippen molar-refractivity contribution in [3.8, 4) is 0 Å². The topological polar surface area (TPSA) is 29.1 Å². The van der Waals surface area contributed by atoms with Crippen LogP contribution >= 0.6 is 11.8 Å². The third-order valence-corrected chi connectivity index (χ3v) is 6.13. The summed E-state index contributed by atoms with van der Waals surface area (Å²) in [4.78, 5) is 12.7. The molecule has 1 aromatic rings. The quantitative estimate of drug-likeness (QED) is 0.425. The Morgan fingerprint density at radius 3 is 2.58 bits per heavy atom. The number of unbranched alkanes of at least 4 members (excludes halogenated alkanes) is 5. The zero-order valence-electron chi connectivity index (χ0n) is 14.9. The Hall–Kier alpha value is -1.22. The predicted octanol–water partition coefficient (Wildman–Crippen LogP) is 5.49. The maximum atomic E-state index is 12.7. The lowest BCUT2D eigenvalue weighted by Gasteiger charge is -2.26. The summed E-state index contributed by atoms with van der Waals surface area (Å²) >= 11 is 1.77. The molecule has 132 valence electrons. The number of rotatable bonds is 11. The first-order chi connectivity index (χ1) is 11.8. The Morgan fingerprint density at radius 2 is 1.88 bits per heavy atom. The molecule has 0 saturated heterocycles. The number of carbonyl (C=O) groups excluding carboxylic acids is 1. The van der Waals surface area contributed by atoms with Crippen molar-refractivity contribution in [2.24, 2.45) is 0 Å². The Kier molecular flexibility index (Phi) is 8.44.